The minimum Gasteiger partial charge on any atom is -0.483 e. The van der Waals surface area contributed by atoms with E-state index in [-0.39, 0.29) is 12.0 Å². The lowest BCUT2D eigenvalue weighted by molar-refractivity contribution is 0.103. The number of thiophene rings is 1. The lowest BCUT2D eigenvalue weighted by Crippen LogP contribution is -2.09. The highest BCUT2D eigenvalue weighted by atomic mass is 32.1. The number of benzene rings is 1. The number of hydrogen-bond donors (Lipinski definition) is 1. The average Bonchev–Trinajstić information content (AvgIpc) is 3.25. The molecule has 23 heavy (non-hydrogen) atoms. The van der Waals surface area contributed by atoms with Crippen molar-refractivity contribution in [3.63, 3.8) is 0 Å². The van der Waals surface area contributed by atoms with Crippen molar-refractivity contribution >= 4 is 33.7 Å². The molecule has 1 atom stereocenters. The summed E-state index contributed by atoms with van der Waals surface area (Å²) in [5.41, 5.74) is 0. The fourth-order valence-corrected chi connectivity index (χ4v) is 3.42. The van der Waals surface area contributed by atoms with Crippen LogP contribution in [0.5, 0.6) is 5.75 Å². The van der Waals surface area contributed by atoms with E-state index in [1.807, 2.05) is 48.7 Å². The van der Waals surface area contributed by atoms with Gasteiger partial charge in [-0.25, -0.2) is 0 Å². The summed E-state index contributed by atoms with van der Waals surface area (Å²) in [6.45, 7) is 2.03. The molecule has 3 aromatic rings. The average molecular weight is 345 g/mol. The monoisotopic (exact) mass is 345 g/mol. The van der Waals surface area contributed by atoms with Crippen molar-refractivity contribution in [2.75, 3.05) is 5.32 Å². The Balaban J connectivity index is 1.68. The molecule has 118 valence electrons. The van der Waals surface area contributed by atoms with E-state index in [4.69, 9.17) is 4.74 Å². The summed E-state index contributed by atoms with van der Waals surface area (Å²) < 4.78 is 5.94. The normalized spacial score (nSPS) is 11.9. The van der Waals surface area contributed by atoms with Crippen LogP contribution in [0.25, 0.3) is 0 Å². The van der Waals surface area contributed by atoms with E-state index in [1.165, 1.54) is 22.7 Å². The summed E-state index contributed by atoms with van der Waals surface area (Å²) in [6.07, 6.45) is 0.588. The number of para-hydroxylation sites is 1. The van der Waals surface area contributed by atoms with E-state index < -0.39 is 0 Å². The van der Waals surface area contributed by atoms with Crippen molar-refractivity contribution in [3.8, 4) is 5.75 Å². The molecule has 3 rings (SSSR count). The van der Waals surface area contributed by atoms with Gasteiger partial charge < -0.3 is 4.74 Å². The number of nitrogens with one attached hydrogen (secondary N) is 1. The molecular weight excluding hydrogens is 330 g/mol. The second-order valence-corrected chi connectivity index (χ2v) is 6.66. The number of rotatable bonds is 6. The Morgan fingerprint density at radius 1 is 1.22 bits per heavy atom. The molecule has 1 aromatic carbocycles. The van der Waals surface area contributed by atoms with Crippen LogP contribution in [0.4, 0.5) is 5.13 Å². The van der Waals surface area contributed by atoms with Crippen LogP contribution in [0.2, 0.25) is 0 Å². The molecule has 0 aliphatic rings. The van der Waals surface area contributed by atoms with E-state index in [1.54, 1.807) is 6.07 Å². The number of nitrogens with zero attached hydrogens (tertiary/aromatic N) is 2. The molecule has 5 nitrogen and oxygen atoms in total. The van der Waals surface area contributed by atoms with E-state index in [9.17, 15) is 4.79 Å². The van der Waals surface area contributed by atoms with Gasteiger partial charge in [-0.3, -0.25) is 10.1 Å². The highest BCUT2D eigenvalue weighted by molar-refractivity contribution is 7.15. The standard InChI is InChI=1S/C16H15N3O2S2/c1-2-12(21-11-7-4-3-5-8-11)15-18-19-16(23-15)17-14(20)13-9-6-10-22-13/h3-10,12H,2H2,1H3,(H,17,19,20)/t12-/m1/s1. The molecule has 0 unspecified atom stereocenters. The number of amides is 1. The zero-order valence-corrected chi connectivity index (χ0v) is 14.1. The minimum atomic E-state index is -0.178. The van der Waals surface area contributed by atoms with Gasteiger partial charge in [-0.1, -0.05) is 42.5 Å². The molecule has 0 aliphatic heterocycles. The fraction of sp³-hybridized carbons (Fsp3) is 0.188. The van der Waals surface area contributed by atoms with Crippen LogP contribution < -0.4 is 10.1 Å². The zero-order valence-electron chi connectivity index (χ0n) is 12.4. The van der Waals surface area contributed by atoms with E-state index in [0.29, 0.717) is 10.0 Å². The van der Waals surface area contributed by atoms with Gasteiger partial charge in [0.1, 0.15) is 5.75 Å². The predicted molar refractivity (Wildman–Crippen MR) is 92.3 cm³/mol. The number of aromatic nitrogens is 2. The minimum absolute atomic E-state index is 0.167. The van der Waals surface area contributed by atoms with Gasteiger partial charge in [0, 0.05) is 0 Å². The lowest BCUT2D eigenvalue weighted by Gasteiger charge is -2.14. The van der Waals surface area contributed by atoms with Crippen LogP contribution >= 0.6 is 22.7 Å². The van der Waals surface area contributed by atoms with Crippen LogP contribution in [0.3, 0.4) is 0 Å². The first kappa shape index (κ1) is 15.6. The molecule has 0 aliphatic carbocycles. The van der Waals surface area contributed by atoms with Gasteiger partial charge in [-0.2, -0.15) is 0 Å². The van der Waals surface area contributed by atoms with Crippen LogP contribution in [-0.4, -0.2) is 16.1 Å². The SMILES string of the molecule is CC[C@@H](Oc1ccccc1)c1nnc(NC(=O)c2cccs2)s1. The van der Waals surface area contributed by atoms with Crippen molar-refractivity contribution in [1.29, 1.82) is 0 Å². The maximum atomic E-state index is 12.0. The Morgan fingerprint density at radius 3 is 2.74 bits per heavy atom. The van der Waals surface area contributed by atoms with E-state index in [2.05, 4.69) is 15.5 Å². The summed E-state index contributed by atoms with van der Waals surface area (Å²) in [5.74, 6) is 0.624. The molecule has 2 aromatic heterocycles. The summed E-state index contributed by atoms with van der Waals surface area (Å²) in [6, 6.07) is 13.2. The second kappa shape index (κ2) is 7.34. The smallest absolute Gasteiger partial charge is 0.267 e. The van der Waals surface area contributed by atoms with Gasteiger partial charge in [0.05, 0.1) is 4.88 Å². The number of carbonyl (C=O) groups excluding carboxylic acids is 1. The Kier molecular flexibility index (Phi) is 4.99. The van der Waals surface area contributed by atoms with Crippen molar-refractivity contribution in [2.45, 2.75) is 19.4 Å². The molecule has 0 bridgehead atoms. The van der Waals surface area contributed by atoms with Crippen LogP contribution in [0.15, 0.2) is 47.8 Å². The van der Waals surface area contributed by atoms with Gasteiger partial charge in [0.15, 0.2) is 11.1 Å². The molecule has 7 heteroatoms. The lowest BCUT2D eigenvalue weighted by atomic mass is 10.3. The van der Waals surface area contributed by atoms with E-state index in [0.717, 1.165) is 17.2 Å². The van der Waals surface area contributed by atoms with Crippen LogP contribution in [0.1, 0.15) is 34.1 Å². The summed E-state index contributed by atoms with van der Waals surface area (Å²) in [4.78, 5) is 12.7. The Bertz CT molecular complexity index is 757. The van der Waals surface area contributed by atoms with Gasteiger partial charge >= 0.3 is 0 Å². The van der Waals surface area contributed by atoms with Crippen molar-refractivity contribution in [2.24, 2.45) is 0 Å². The van der Waals surface area contributed by atoms with Gasteiger partial charge in [-0.05, 0) is 30.0 Å². The second-order valence-electron chi connectivity index (χ2n) is 4.70. The summed E-state index contributed by atoms with van der Waals surface area (Å²) in [5, 5.41) is 14.0. The maximum Gasteiger partial charge on any atom is 0.267 e. The topological polar surface area (TPSA) is 64.1 Å². The Morgan fingerprint density at radius 2 is 2.04 bits per heavy atom. The van der Waals surface area contributed by atoms with Crippen LogP contribution in [0, 0.1) is 0 Å². The molecule has 0 saturated heterocycles. The highest BCUT2D eigenvalue weighted by Gasteiger charge is 2.18. The van der Waals surface area contributed by atoms with Gasteiger partial charge in [0.2, 0.25) is 5.13 Å². The molecule has 0 fully saturated rings. The number of anilines is 1. The fourth-order valence-electron chi connectivity index (χ4n) is 1.95. The predicted octanol–water partition coefficient (Wildman–Crippen LogP) is 4.38. The third-order valence-corrected chi connectivity index (χ3v) is 4.87. The number of carbonyl (C=O) groups is 1. The number of ether oxygens (including phenoxy) is 1. The molecule has 1 N–H and O–H groups in total. The first-order valence-electron chi connectivity index (χ1n) is 7.16. The van der Waals surface area contributed by atoms with Crippen molar-refractivity contribution in [3.05, 3.63) is 57.7 Å². The third-order valence-electron chi connectivity index (χ3n) is 3.07. The molecule has 1 amide bonds. The molecule has 0 saturated carbocycles. The third kappa shape index (κ3) is 3.94. The quantitative estimate of drug-likeness (QED) is 0.720. The summed E-state index contributed by atoms with van der Waals surface area (Å²) >= 11 is 2.73. The molecule has 2 heterocycles. The zero-order chi connectivity index (χ0) is 16.1. The summed E-state index contributed by atoms with van der Waals surface area (Å²) in [7, 11) is 0. The van der Waals surface area contributed by atoms with Crippen molar-refractivity contribution in [1.82, 2.24) is 10.2 Å². The first-order chi connectivity index (χ1) is 11.3. The Labute approximate surface area is 142 Å². The van der Waals surface area contributed by atoms with E-state index >= 15 is 0 Å². The van der Waals surface area contributed by atoms with Crippen LogP contribution in [-0.2, 0) is 0 Å². The molecular formula is C16H15N3O2S2. The first-order valence-corrected chi connectivity index (χ1v) is 8.86. The van der Waals surface area contributed by atoms with Gasteiger partial charge in [0.25, 0.3) is 5.91 Å². The molecule has 0 spiro atoms. The highest BCUT2D eigenvalue weighted by Crippen LogP contribution is 2.29. The molecule has 0 radical (unpaired) electrons. The maximum absolute atomic E-state index is 12.0. The van der Waals surface area contributed by atoms with Gasteiger partial charge in [-0.15, -0.1) is 21.5 Å². The Hall–Kier alpha value is -2.25. The van der Waals surface area contributed by atoms with Crippen molar-refractivity contribution < 1.29 is 9.53 Å². The number of hydrogen-bond acceptors (Lipinski definition) is 6. The largest absolute Gasteiger partial charge is 0.483 e.